The van der Waals surface area contributed by atoms with Crippen molar-refractivity contribution in [3.8, 4) is 0 Å². The average Bonchev–Trinajstić information content (AvgIpc) is 2.42. The van der Waals surface area contributed by atoms with Gasteiger partial charge < -0.3 is 20.8 Å². The van der Waals surface area contributed by atoms with Crippen LogP contribution < -0.4 is 15.4 Å². The summed E-state index contributed by atoms with van der Waals surface area (Å²) in [6.45, 7) is -0.566. The van der Waals surface area contributed by atoms with Crippen LogP contribution in [0.1, 0.15) is 12.8 Å². The number of nitrogens with one attached hydrogen (secondary N) is 3. The zero-order valence-electron chi connectivity index (χ0n) is 10.9. The summed E-state index contributed by atoms with van der Waals surface area (Å²) in [5.41, 5.74) is 0. The third-order valence-electron chi connectivity index (χ3n) is 2.36. The number of carboxylic acid groups (broad SMARTS) is 2. The Bertz CT molecular complexity index is 406. The molecule has 0 unspecified atom stereocenters. The van der Waals surface area contributed by atoms with E-state index in [1.807, 2.05) is 0 Å². The fourth-order valence-electron chi connectivity index (χ4n) is 1.27. The van der Waals surface area contributed by atoms with Gasteiger partial charge in [-0.2, -0.15) is 12.6 Å². The summed E-state index contributed by atoms with van der Waals surface area (Å²) in [4.78, 5) is 44.2. The molecule has 0 aromatic rings. The lowest BCUT2D eigenvalue weighted by atomic mass is 10.1. The zero-order valence-corrected chi connectivity index (χ0v) is 12.7. The second-order valence-electron chi connectivity index (χ2n) is 3.97. The first-order valence-corrected chi connectivity index (χ1v) is 6.92. The standard InChI is InChI=1S/C10H17N3O6S2/c14-7(2-1-5(13-21)10(18)19)12-6(4-20)9(17)11-3-8(15)16/h5-6,13,20-21H,1-4H2,(H,11,17)(H,12,14)(H,15,16)(H,18,19)/t5-,6-/m0/s1. The molecule has 0 rings (SSSR count). The third-order valence-corrected chi connectivity index (χ3v) is 3.04. The topological polar surface area (TPSA) is 145 Å². The molecule has 5 N–H and O–H groups in total. The summed E-state index contributed by atoms with van der Waals surface area (Å²) >= 11 is 7.52. The summed E-state index contributed by atoms with van der Waals surface area (Å²) in [6, 6.07) is -1.98. The molecule has 0 heterocycles. The SMILES string of the molecule is O=C(O)CNC(=O)[C@H](CS)NC(=O)CC[C@H](NS)C(=O)O. The predicted octanol–water partition coefficient (Wildman–Crippen LogP) is -1.73. The number of carboxylic acids is 2. The van der Waals surface area contributed by atoms with E-state index in [4.69, 9.17) is 10.2 Å². The highest BCUT2D eigenvalue weighted by Crippen LogP contribution is 2.00. The molecule has 2 amide bonds. The first-order valence-electron chi connectivity index (χ1n) is 5.84. The van der Waals surface area contributed by atoms with E-state index in [0.29, 0.717) is 0 Å². The van der Waals surface area contributed by atoms with E-state index >= 15 is 0 Å². The molecule has 0 aliphatic heterocycles. The number of hydrogen-bond acceptors (Lipinski definition) is 7. The first-order chi connectivity index (χ1) is 9.81. The first kappa shape index (κ1) is 19.5. The minimum atomic E-state index is -1.21. The van der Waals surface area contributed by atoms with Crippen LogP contribution in [-0.4, -0.2) is 58.3 Å². The van der Waals surface area contributed by atoms with Gasteiger partial charge in [-0.15, -0.1) is 0 Å². The third kappa shape index (κ3) is 8.42. The lowest BCUT2D eigenvalue weighted by Gasteiger charge is -2.16. The predicted molar refractivity (Wildman–Crippen MR) is 79.2 cm³/mol. The maximum absolute atomic E-state index is 11.6. The number of rotatable bonds is 10. The Morgan fingerprint density at radius 1 is 1.10 bits per heavy atom. The quantitative estimate of drug-likeness (QED) is 0.234. The number of hydrogen-bond donors (Lipinski definition) is 7. The minimum absolute atomic E-state index is 0.0132. The van der Waals surface area contributed by atoms with Crippen LogP contribution in [0.15, 0.2) is 0 Å². The summed E-state index contributed by atoms with van der Waals surface area (Å²) in [5.74, 6) is -3.61. The maximum atomic E-state index is 11.6. The summed E-state index contributed by atoms with van der Waals surface area (Å²) in [7, 11) is 0. The molecule has 2 atom stereocenters. The van der Waals surface area contributed by atoms with Crippen molar-refractivity contribution in [2.45, 2.75) is 24.9 Å². The van der Waals surface area contributed by atoms with Crippen molar-refractivity contribution in [3.05, 3.63) is 0 Å². The smallest absolute Gasteiger partial charge is 0.322 e. The van der Waals surface area contributed by atoms with E-state index in [1.165, 1.54) is 0 Å². The Labute approximate surface area is 131 Å². The Balaban J connectivity index is 4.29. The summed E-state index contributed by atoms with van der Waals surface area (Å²) < 4.78 is 2.23. The van der Waals surface area contributed by atoms with Gasteiger partial charge in [-0.3, -0.25) is 23.9 Å². The molecule has 0 bridgehead atoms. The Morgan fingerprint density at radius 3 is 2.14 bits per heavy atom. The van der Waals surface area contributed by atoms with E-state index in [1.54, 1.807) is 0 Å². The van der Waals surface area contributed by atoms with Crippen LogP contribution in [0.2, 0.25) is 0 Å². The maximum Gasteiger partial charge on any atom is 0.322 e. The highest BCUT2D eigenvalue weighted by molar-refractivity contribution is 7.80. The van der Waals surface area contributed by atoms with Crippen molar-refractivity contribution in [2.75, 3.05) is 12.3 Å². The summed E-state index contributed by atoms with van der Waals surface area (Å²) in [6.07, 6.45) is -0.151. The number of thiol groups is 2. The largest absolute Gasteiger partial charge is 0.480 e. The normalized spacial score (nSPS) is 13.0. The van der Waals surface area contributed by atoms with Crippen molar-refractivity contribution in [3.63, 3.8) is 0 Å². The number of amides is 2. The van der Waals surface area contributed by atoms with E-state index < -0.39 is 42.4 Å². The lowest BCUT2D eigenvalue weighted by molar-refractivity contribution is -0.139. The van der Waals surface area contributed by atoms with Gasteiger partial charge in [0.2, 0.25) is 11.8 Å². The second kappa shape index (κ2) is 10.3. The van der Waals surface area contributed by atoms with Crippen LogP contribution in [0, 0.1) is 0 Å². The van der Waals surface area contributed by atoms with E-state index in [0.717, 1.165) is 0 Å². The Kier molecular flexibility index (Phi) is 9.58. The van der Waals surface area contributed by atoms with Gasteiger partial charge in [0.15, 0.2) is 0 Å². The zero-order chi connectivity index (χ0) is 16.4. The Hall–Kier alpha value is -1.46. The molecule has 0 spiro atoms. The molecule has 0 saturated carbocycles. The van der Waals surface area contributed by atoms with E-state index in [9.17, 15) is 19.2 Å². The van der Waals surface area contributed by atoms with Crippen LogP contribution in [-0.2, 0) is 19.2 Å². The van der Waals surface area contributed by atoms with Crippen LogP contribution in [0.25, 0.3) is 0 Å². The highest BCUT2D eigenvalue weighted by atomic mass is 32.1. The molecule has 21 heavy (non-hydrogen) atoms. The van der Waals surface area contributed by atoms with Crippen molar-refractivity contribution in [1.29, 1.82) is 0 Å². The van der Waals surface area contributed by atoms with Crippen LogP contribution in [0.4, 0.5) is 0 Å². The van der Waals surface area contributed by atoms with E-state index in [-0.39, 0.29) is 18.6 Å². The van der Waals surface area contributed by atoms with Crippen molar-refractivity contribution in [2.24, 2.45) is 0 Å². The van der Waals surface area contributed by atoms with Crippen molar-refractivity contribution >= 4 is 49.2 Å². The number of aliphatic carboxylic acids is 2. The van der Waals surface area contributed by atoms with Gasteiger partial charge in [-0.05, 0) is 6.42 Å². The summed E-state index contributed by atoms with van der Waals surface area (Å²) in [5, 5.41) is 21.6. The highest BCUT2D eigenvalue weighted by Gasteiger charge is 2.21. The van der Waals surface area contributed by atoms with Gasteiger partial charge in [-0.25, -0.2) is 0 Å². The molecule has 0 saturated heterocycles. The fraction of sp³-hybridized carbons (Fsp3) is 0.600. The minimum Gasteiger partial charge on any atom is -0.480 e. The van der Waals surface area contributed by atoms with Crippen LogP contribution in [0.3, 0.4) is 0 Å². The fourth-order valence-corrected chi connectivity index (χ4v) is 1.76. The molecule has 11 heteroatoms. The molecule has 0 aromatic carbocycles. The van der Waals surface area contributed by atoms with E-state index in [2.05, 4.69) is 40.8 Å². The van der Waals surface area contributed by atoms with Crippen LogP contribution in [0.5, 0.6) is 0 Å². The van der Waals surface area contributed by atoms with Crippen molar-refractivity contribution in [1.82, 2.24) is 15.4 Å². The molecule has 0 radical (unpaired) electrons. The van der Waals surface area contributed by atoms with Gasteiger partial charge in [0.25, 0.3) is 0 Å². The molecule has 120 valence electrons. The molecular formula is C10H17N3O6S2. The van der Waals surface area contributed by atoms with Gasteiger partial charge in [0, 0.05) is 12.2 Å². The van der Waals surface area contributed by atoms with Crippen molar-refractivity contribution < 1.29 is 29.4 Å². The Morgan fingerprint density at radius 2 is 1.71 bits per heavy atom. The van der Waals surface area contributed by atoms with Gasteiger partial charge in [-0.1, -0.05) is 12.8 Å². The molecular weight excluding hydrogens is 322 g/mol. The monoisotopic (exact) mass is 339 g/mol. The molecule has 0 aromatic heterocycles. The van der Waals surface area contributed by atoms with Gasteiger partial charge in [0.1, 0.15) is 18.6 Å². The molecule has 0 aliphatic rings. The lowest BCUT2D eigenvalue weighted by Crippen LogP contribution is -2.49. The average molecular weight is 339 g/mol. The van der Waals surface area contributed by atoms with Crippen LogP contribution >= 0.6 is 25.4 Å². The molecule has 0 fully saturated rings. The van der Waals surface area contributed by atoms with Gasteiger partial charge in [0.05, 0.1) is 0 Å². The molecule has 9 nitrogen and oxygen atoms in total. The number of carbonyl (C=O) groups is 4. The molecule has 0 aliphatic carbocycles. The second-order valence-corrected chi connectivity index (χ2v) is 4.60. The van der Waals surface area contributed by atoms with Gasteiger partial charge >= 0.3 is 11.9 Å². The number of carbonyl (C=O) groups excluding carboxylic acids is 2.